The summed E-state index contributed by atoms with van der Waals surface area (Å²) in [5.41, 5.74) is 10.9. The van der Waals surface area contributed by atoms with E-state index < -0.39 is 48.2 Å². The molecule has 0 aliphatic heterocycles. The fourth-order valence-corrected chi connectivity index (χ4v) is 2.16. The van der Waals surface area contributed by atoms with Gasteiger partial charge in [0, 0.05) is 0 Å². The second kappa shape index (κ2) is 10.7. The first-order chi connectivity index (χ1) is 11.5. The highest BCUT2D eigenvalue weighted by atomic mass is 16.4. The number of carbonyl (C=O) groups excluding carboxylic acids is 3. The lowest BCUT2D eigenvalue weighted by Crippen LogP contribution is -2.56. The number of rotatable bonds is 11. The summed E-state index contributed by atoms with van der Waals surface area (Å²) in [4.78, 5) is 46.7. The van der Waals surface area contributed by atoms with E-state index in [1.165, 1.54) is 0 Å². The molecule has 4 atom stereocenters. The number of aliphatic carboxylic acids is 1. The van der Waals surface area contributed by atoms with E-state index >= 15 is 0 Å². The average Bonchev–Trinajstić information content (AvgIpc) is 2.50. The maximum Gasteiger partial charge on any atom is 0.326 e. The van der Waals surface area contributed by atoms with Crippen LogP contribution in [0.2, 0.25) is 0 Å². The smallest absolute Gasteiger partial charge is 0.326 e. The van der Waals surface area contributed by atoms with E-state index in [1.54, 1.807) is 0 Å². The van der Waals surface area contributed by atoms with Gasteiger partial charge in [0.05, 0.1) is 12.5 Å². The molecular weight excluding hydrogens is 328 g/mol. The molecule has 0 unspecified atom stereocenters. The highest BCUT2D eigenvalue weighted by Crippen LogP contribution is 2.09. The van der Waals surface area contributed by atoms with Gasteiger partial charge < -0.3 is 27.2 Å². The van der Waals surface area contributed by atoms with Crippen LogP contribution in [0, 0.1) is 11.8 Å². The number of amides is 3. The Morgan fingerprint density at radius 2 is 1.52 bits per heavy atom. The van der Waals surface area contributed by atoms with Gasteiger partial charge in [-0.3, -0.25) is 14.4 Å². The first-order valence-electron chi connectivity index (χ1n) is 8.36. The minimum atomic E-state index is -1.44. The molecule has 0 aliphatic carbocycles. The number of carbonyl (C=O) groups is 4. The molecule has 0 aliphatic rings. The quantitative estimate of drug-likeness (QED) is 0.329. The van der Waals surface area contributed by atoms with Crippen LogP contribution in [0.4, 0.5) is 0 Å². The molecule has 0 saturated carbocycles. The predicted octanol–water partition coefficient (Wildman–Crippen LogP) is -0.664. The fraction of sp³-hybridized carbons (Fsp3) is 0.750. The number of carboxylic acid groups (broad SMARTS) is 1. The summed E-state index contributed by atoms with van der Waals surface area (Å²) >= 11 is 0. The van der Waals surface area contributed by atoms with E-state index in [0.29, 0.717) is 12.8 Å². The second-order valence-corrected chi connectivity index (χ2v) is 6.67. The summed E-state index contributed by atoms with van der Waals surface area (Å²) in [5, 5.41) is 13.9. The highest BCUT2D eigenvalue weighted by Gasteiger charge is 2.30. The summed E-state index contributed by atoms with van der Waals surface area (Å²) in [6.07, 6.45) is 0.471. The Labute approximate surface area is 147 Å². The van der Waals surface area contributed by atoms with Crippen molar-refractivity contribution in [3.63, 3.8) is 0 Å². The third-order valence-electron chi connectivity index (χ3n) is 3.92. The van der Waals surface area contributed by atoms with E-state index in [-0.39, 0.29) is 11.8 Å². The monoisotopic (exact) mass is 358 g/mol. The molecule has 25 heavy (non-hydrogen) atoms. The van der Waals surface area contributed by atoms with Crippen LogP contribution in [0.5, 0.6) is 0 Å². The molecule has 0 bridgehead atoms. The minimum absolute atomic E-state index is 0.0651. The number of carboxylic acids is 1. The molecule has 0 heterocycles. The molecule has 9 nitrogen and oxygen atoms in total. The Morgan fingerprint density at radius 3 is 1.92 bits per heavy atom. The minimum Gasteiger partial charge on any atom is -0.480 e. The van der Waals surface area contributed by atoms with Crippen LogP contribution < -0.4 is 22.1 Å². The summed E-state index contributed by atoms with van der Waals surface area (Å²) in [6, 6.07) is -3.16. The van der Waals surface area contributed by atoms with Crippen LogP contribution in [0.25, 0.3) is 0 Å². The zero-order valence-electron chi connectivity index (χ0n) is 15.2. The lowest BCUT2D eigenvalue weighted by Gasteiger charge is -2.25. The van der Waals surface area contributed by atoms with E-state index in [0.717, 1.165) is 0 Å². The summed E-state index contributed by atoms with van der Waals surface area (Å²) < 4.78 is 0. The Kier molecular flexibility index (Phi) is 9.73. The largest absolute Gasteiger partial charge is 0.480 e. The molecule has 0 aromatic carbocycles. The number of nitrogens with one attached hydrogen (secondary N) is 2. The fourth-order valence-electron chi connectivity index (χ4n) is 2.16. The highest BCUT2D eigenvalue weighted by molar-refractivity contribution is 5.93. The summed E-state index contributed by atoms with van der Waals surface area (Å²) in [7, 11) is 0. The van der Waals surface area contributed by atoms with Gasteiger partial charge in [0.25, 0.3) is 0 Å². The number of primary amides is 1. The molecule has 0 aromatic heterocycles. The van der Waals surface area contributed by atoms with Crippen molar-refractivity contribution < 1.29 is 24.3 Å². The molecule has 3 amide bonds. The van der Waals surface area contributed by atoms with Gasteiger partial charge in [-0.1, -0.05) is 34.1 Å². The number of hydrogen-bond acceptors (Lipinski definition) is 5. The van der Waals surface area contributed by atoms with Crippen molar-refractivity contribution in [3.8, 4) is 0 Å². The van der Waals surface area contributed by atoms with Crippen LogP contribution in [0.15, 0.2) is 0 Å². The van der Waals surface area contributed by atoms with Gasteiger partial charge in [-0.15, -0.1) is 0 Å². The third kappa shape index (κ3) is 8.48. The van der Waals surface area contributed by atoms with Gasteiger partial charge in [0.1, 0.15) is 12.1 Å². The second-order valence-electron chi connectivity index (χ2n) is 6.67. The van der Waals surface area contributed by atoms with Gasteiger partial charge in [-0.2, -0.15) is 0 Å². The Bertz CT molecular complexity index is 495. The molecule has 0 radical (unpaired) electrons. The topological polar surface area (TPSA) is 165 Å². The van der Waals surface area contributed by atoms with Crippen molar-refractivity contribution in [2.75, 3.05) is 0 Å². The zero-order chi connectivity index (χ0) is 19.7. The van der Waals surface area contributed by atoms with Crippen LogP contribution >= 0.6 is 0 Å². The van der Waals surface area contributed by atoms with Gasteiger partial charge in [-0.05, 0) is 18.3 Å². The molecule has 0 fully saturated rings. The Balaban J connectivity index is 5.11. The van der Waals surface area contributed by atoms with Crippen molar-refractivity contribution in [1.29, 1.82) is 0 Å². The molecule has 0 saturated heterocycles. The molecular formula is C16H30N4O5. The average molecular weight is 358 g/mol. The molecule has 0 aromatic rings. The van der Waals surface area contributed by atoms with E-state index in [1.807, 2.05) is 27.7 Å². The number of nitrogens with two attached hydrogens (primary N) is 2. The standard InChI is InChI=1S/C16H30N4O5/c1-5-9(4)13(18)15(23)19-10(6-8(2)3)14(22)20-11(16(24)25)7-12(17)21/h8-11,13H,5-7,18H2,1-4H3,(H2,17,21)(H,19,23)(H,20,22)(H,24,25)/t9-,10-,11-,13-/m0/s1. The Morgan fingerprint density at radius 1 is 1.00 bits per heavy atom. The van der Waals surface area contributed by atoms with Crippen LogP contribution in [0.1, 0.15) is 47.0 Å². The van der Waals surface area contributed by atoms with E-state index in [2.05, 4.69) is 10.6 Å². The van der Waals surface area contributed by atoms with Crippen molar-refractivity contribution in [2.24, 2.45) is 23.3 Å². The Hall–Kier alpha value is -2.16. The van der Waals surface area contributed by atoms with Crippen molar-refractivity contribution in [2.45, 2.75) is 65.1 Å². The molecule has 0 spiro atoms. The van der Waals surface area contributed by atoms with Crippen LogP contribution in [-0.2, 0) is 19.2 Å². The van der Waals surface area contributed by atoms with Gasteiger partial charge in [-0.25, -0.2) is 4.79 Å². The normalized spacial score (nSPS) is 15.8. The summed E-state index contributed by atoms with van der Waals surface area (Å²) in [6.45, 7) is 7.45. The molecule has 9 heteroatoms. The van der Waals surface area contributed by atoms with Crippen molar-refractivity contribution in [1.82, 2.24) is 10.6 Å². The molecule has 0 rings (SSSR count). The van der Waals surface area contributed by atoms with Gasteiger partial charge in [0.15, 0.2) is 0 Å². The van der Waals surface area contributed by atoms with Crippen LogP contribution in [0.3, 0.4) is 0 Å². The third-order valence-corrected chi connectivity index (χ3v) is 3.92. The zero-order valence-corrected chi connectivity index (χ0v) is 15.2. The van der Waals surface area contributed by atoms with Gasteiger partial charge in [0.2, 0.25) is 17.7 Å². The van der Waals surface area contributed by atoms with Crippen molar-refractivity contribution >= 4 is 23.7 Å². The summed E-state index contributed by atoms with van der Waals surface area (Å²) in [5.74, 6) is -3.39. The molecule has 144 valence electrons. The van der Waals surface area contributed by atoms with Crippen molar-refractivity contribution in [3.05, 3.63) is 0 Å². The van der Waals surface area contributed by atoms with E-state index in [9.17, 15) is 19.2 Å². The lowest BCUT2D eigenvalue weighted by atomic mass is 9.97. The van der Waals surface area contributed by atoms with E-state index in [4.69, 9.17) is 16.6 Å². The SMILES string of the molecule is CC[C@H](C)[C@H](N)C(=O)N[C@@H](CC(C)C)C(=O)N[C@@H](CC(N)=O)C(=O)O. The number of hydrogen-bond donors (Lipinski definition) is 5. The predicted molar refractivity (Wildman–Crippen MR) is 92.2 cm³/mol. The molecule has 7 N–H and O–H groups in total. The van der Waals surface area contributed by atoms with Crippen LogP contribution in [-0.4, -0.2) is 46.9 Å². The first-order valence-corrected chi connectivity index (χ1v) is 8.36. The maximum absolute atomic E-state index is 12.4. The first kappa shape index (κ1) is 22.8. The lowest BCUT2D eigenvalue weighted by molar-refractivity contribution is -0.143. The maximum atomic E-state index is 12.4. The van der Waals surface area contributed by atoms with Gasteiger partial charge >= 0.3 is 5.97 Å².